The molecule has 1 saturated heterocycles. The quantitative estimate of drug-likeness (QED) is 0.485. The van der Waals surface area contributed by atoms with Crippen molar-refractivity contribution in [2.24, 2.45) is 0 Å². The first-order chi connectivity index (χ1) is 15.0. The van der Waals surface area contributed by atoms with E-state index in [2.05, 4.69) is 35.4 Å². The van der Waals surface area contributed by atoms with Crippen LogP contribution in [0.2, 0.25) is 0 Å². The first kappa shape index (κ1) is 19.5. The fourth-order valence-electron chi connectivity index (χ4n) is 3.81. The lowest BCUT2D eigenvalue weighted by Gasteiger charge is -2.23. The average Bonchev–Trinajstić information content (AvgIpc) is 3.30. The molecule has 0 bridgehead atoms. The molecule has 5 rings (SSSR count). The molecule has 0 atom stereocenters. The number of halogens is 3. The first-order valence-corrected chi connectivity index (χ1v) is 9.94. The van der Waals surface area contributed by atoms with Gasteiger partial charge in [0.05, 0.1) is 0 Å². The van der Waals surface area contributed by atoms with E-state index in [1.165, 1.54) is 6.07 Å². The average molecular weight is 432 g/mol. The van der Waals surface area contributed by atoms with Gasteiger partial charge < -0.3 is 9.80 Å². The van der Waals surface area contributed by atoms with Gasteiger partial charge in [-0.05, 0) is 18.6 Å². The van der Waals surface area contributed by atoms with E-state index in [-0.39, 0.29) is 5.65 Å². The van der Waals surface area contributed by atoms with Gasteiger partial charge in [0.25, 0.3) is 5.82 Å². The largest absolute Gasteiger partial charge is 0.453 e. The predicted molar refractivity (Wildman–Crippen MR) is 105 cm³/mol. The smallest absolute Gasteiger partial charge is 0.353 e. The van der Waals surface area contributed by atoms with E-state index >= 15 is 0 Å². The Kier molecular flexibility index (Phi) is 4.59. The maximum atomic E-state index is 13.2. The van der Waals surface area contributed by atoms with Crippen molar-refractivity contribution in [3.8, 4) is 0 Å². The molecular weight excluding hydrogens is 413 g/mol. The standard InChI is InChI=1S/C18H19F3N10/c1-2-12-23-25-16-15(22-6-9-30(12)16)29-8-3-7-28(10-11-29)14-5-4-13-24-26-17(18(19,20)21)31(13)27-14/h4-6,9H,2-3,7-8,10-11H2,1H3. The van der Waals surface area contributed by atoms with E-state index in [0.29, 0.717) is 31.1 Å². The van der Waals surface area contributed by atoms with Crippen LogP contribution in [0.25, 0.3) is 11.3 Å². The molecule has 0 spiro atoms. The predicted octanol–water partition coefficient (Wildman–Crippen LogP) is 1.86. The van der Waals surface area contributed by atoms with Gasteiger partial charge in [-0.2, -0.15) is 17.7 Å². The Hall–Kier alpha value is -3.51. The lowest BCUT2D eigenvalue weighted by molar-refractivity contribution is -0.146. The van der Waals surface area contributed by atoms with Crippen LogP contribution in [0.1, 0.15) is 25.0 Å². The summed E-state index contributed by atoms with van der Waals surface area (Å²) in [5.74, 6) is 0.928. The van der Waals surface area contributed by atoms with Crippen LogP contribution in [0.5, 0.6) is 0 Å². The Labute approximate surface area is 174 Å². The van der Waals surface area contributed by atoms with Crippen LogP contribution in [0.3, 0.4) is 0 Å². The number of nitrogens with zero attached hydrogens (tertiary/aromatic N) is 10. The zero-order valence-corrected chi connectivity index (χ0v) is 16.7. The van der Waals surface area contributed by atoms with Crippen molar-refractivity contribution in [2.75, 3.05) is 36.0 Å². The van der Waals surface area contributed by atoms with E-state index in [1.54, 1.807) is 12.3 Å². The molecule has 0 radical (unpaired) electrons. The summed E-state index contributed by atoms with van der Waals surface area (Å²) in [6.07, 6.45) is 0.494. The SMILES string of the molecule is CCc1nnc2c(N3CCCN(c4ccc5nnc(C(F)(F)F)n5n4)CC3)nccn12. The molecule has 1 aliphatic heterocycles. The van der Waals surface area contributed by atoms with E-state index in [1.807, 2.05) is 22.4 Å². The molecule has 1 fully saturated rings. The van der Waals surface area contributed by atoms with Crippen molar-refractivity contribution in [2.45, 2.75) is 25.9 Å². The molecule has 162 valence electrons. The molecule has 0 aliphatic carbocycles. The van der Waals surface area contributed by atoms with Gasteiger partial charge in [0, 0.05) is 45.0 Å². The van der Waals surface area contributed by atoms with Gasteiger partial charge in [0.1, 0.15) is 11.6 Å². The summed E-state index contributed by atoms with van der Waals surface area (Å²) in [6, 6.07) is 3.17. The first-order valence-electron chi connectivity index (χ1n) is 9.94. The zero-order chi connectivity index (χ0) is 21.6. The molecular formula is C18H19F3N10. The van der Waals surface area contributed by atoms with E-state index in [4.69, 9.17) is 0 Å². The molecule has 0 N–H and O–H groups in total. The van der Waals surface area contributed by atoms with Crippen LogP contribution >= 0.6 is 0 Å². The minimum Gasteiger partial charge on any atom is -0.353 e. The molecule has 10 nitrogen and oxygen atoms in total. The molecule has 0 saturated carbocycles. The molecule has 0 amide bonds. The minimum absolute atomic E-state index is 0.0573. The molecule has 5 heterocycles. The molecule has 4 aromatic rings. The fraction of sp³-hybridized carbons (Fsp3) is 0.444. The summed E-state index contributed by atoms with van der Waals surface area (Å²) < 4.78 is 42.2. The van der Waals surface area contributed by atoms with Crippen molar-refractivity contribution < 1.29 is 13.2 Å². The summed E-state index contributed by atoms with van der Waals surface area (Å²) in [7, 11) is 0. The highest BCUT2D eigenvalue weighted by Gasteiger charge is 2.37. The summed E-state index contributed by atoms with van der Waals surface area (Å²) in [5.41, 5.74) is 0.758. The normalized spacial score (nSPS) is 15.7. The van der Waals surface area contributed by atoms with Gasteiger partial charge in [-0.25, -0.2) is 4.98 Å². The number of anilines is 2. The van der Waals surface area contributed by atoms with Gasteiger partial charge in [0.2, 0.25) is 5.65 Å². The van der Waals surface area contributed by atoms with Crippen LogP contribution in [0.15, 0.2) is 24.5 Å². The third-order valence-corrected chi connectivity index (χ3v) is 5.32. The lowest BCUT2D eigenvalue weighted by Crippen LogP contribution is -2.32. The van der Waals surface area contributed by atoms with E-state index < -0.39 is 12.0 Å². The Bertz CT molecular complexity index is 1230. The number of hydrogen-bond donors (Lipinski definition) is 0. The van der Waals surface area contributed by atoms with Crippen LogP contribution in [0.4, 0.5) is 24.8 Å². The second kappa shape index (κ2) is 7.32. The second-order valence-corrected chi connectivity index (χ2v) is 7.22. The topological polar surface area (TPSA) is 92.6 Å². The van der Waals surface area contributed by atoms with Gasteiger partial charge in [-0.3, -0.25) is 4.40 Å². The van der Waals surface area contributed by atoms with Crippen LogP contribution in [-0.2, 0) is 12.6 Å². The molecule has 1 aliphatic rings. The number of rotatable bonds is 3. The highest BCUT2D eigenvalue weighted by atomic mass is 19.4. The molecule has 0 unspecified atom stereocenters. The van der Waals surface area contributed by atoms with E-state index in [0.717, 1.165) is 35.5 Å². The number of aromatic nitrogens is 8. The monoisotopic (exact) mass is 432 g/mol. The second-order valence-electron chi connectivity index (χ2n) is 7.22. The van der Waals surface area contributed by atoms with Gasteiger partial charge in [-0.15, -0.1) is 25.5 Å². The van der Waals surface area contributed by atoms with Crippen LogP contribution in [-0.4, -0.2) is 65.6 Å². The van der Waals surface area contributed by atoms with Crippen LogP contribution in [0, 0.1) is 0 Å². The summed E-state index contributed by atoms with van der Waals surface area (Å²) in [5, 5.41) is 19.5. The molecule has 4 aromatic heterocycles. The molecule has 31 heavy (non-hydrogen) atoms. The van der Waals surface area contributed by atoms with Crippen molar-refractivity contribution in [3.05, 3.63) is 36.2 Å². The Morgan fingerprint density at radius 2 is 1.77 bits per heavy atom. The Morgan fingerprint density at radius 3 is 2.58 bits per heavy atom. The number of hydrogen-bond acceptors (Lipinski definition) is 8. The molecule has 13 heteroatoms. The van der Waals surface area contributed by atoms with Gasteiger partial charge in [0.15, 0.2) is 11.5 Å². The summed E-state index contributed by atoms with van der Waals surface area (Å²) >= 11 is 0. The maximum absolute atomic E-state index is 13.2. The van der Waals surface area contributed by atoms with Crippen molar-refractivity contribution in [1.29, 1.82) is 0 Å². The van der Waals surface area contributed by atoms with Crippen molar-refractivity contribution in [1.82, 2.24) is 39.4 Å². The third-order valence-electron chi connectivity index (χ3n) is 5.32. The van der Waals surface area contributed by atoms with Gasteiger partial charge >= 0.3 is 6.18 Å². The highest BCUT2D eigenvalue weighted by Crippen LogP contribution is 2.28. The molecule has 0 aromatic carbocycles. The van der Waals surface area contributed by atoms with Gasteiger partial charge in [-0.1, -0.05) is 6.92 Å². The summed E-state index contributed by atoms with van der Waals surface area (Å²) in [6.45, 7) is 4.59. The summed E-state index contributed by atoms with van der Waals surface area (Å²) in [4.78, 5) is 8.60. The number of alkyl halides is 3. The maximum Gasteiger partial charge on any atom is 0.453 e. The highest BCUT2D eigenvalue weighted by molar-refractivity contribution is 5.64. The van der Waals surface area contributed by atoms with E-state index in [9.17, 15) is 13.2 Å². The minimum atomic E-state index is -4.62. The fourth-order valence-corrected chi connectivity index (χ4v) is 3.81. The zero-order valence-electron chi connectivity index (χ0n) is 16.7. The Balaban J connectivity index is 1.41. The van der Waals surface area contributed by atoms with Crippen molar-refractivity contribution >= 4 is 22.9 Å². The number of fused-ring (bicyclic) bond motifs is 2. The van der Waals surface area contributed by atoms with Crippen LogP contribution < -0.4 is 9.80 Å². The van der Waals surface area contributed by atoms with Crippen molar-refractivity contribution in [3.63, 3.8) is 0 Å². The lowest BCUT2D eigenvalue weighted by atomic mass is 10.3. The third kappa shape index (κ3) is 3.39. The Morgan fingerprint density at radius 1 is 0.968 bits per heavy atom. The number of aryl methyl sites for hydroxylation is 1.